The Labute approximate surface area is 122 Å². The summed E-state index contributed by atoms with van der Waals surface area (Å²) in [5, 5.41) is 1.81. The first kappa shape index (κ1) is 14.8. The molecule has 20 heavy (non-hydrogen) atoms. The summed E-state index contributed by atoms with van der Waals surface area (Å²) in [5.74, 6) is -0.440. The van der Waals surface area contributed by atoms with Gasteiger partial charge in [-0.05, 0) is 18.6 Å². The summed E-state index contributed by atoms with van der Waals surface area (Å²) in [4.78, 5) is 29.3. The Hall–Kier alpha value is -1.65. The topological polar surface area (TPSA) is 46.6 Å². The molecule has 1 aromatic carbocycles. The fraction of sp³-hybridized carbons (Fsp3) is 0.333. The van der Waals surface area contributed by atoms with Crippen LogP contribution >= 0.6 is 11.6 Å². The number of carbonyl (C=O) groups is 2. The number of rotatable bonds is 4. The van der Waals surface area contributed by atoms with Gasteiger partial charge in [-0.2, -0.15) is 0 Å². The van der Waals surface area contributed by atoms with Gasteiger partial charge in [0.15, 0.2) is 5.78 Å². The SMILES string of the molecule is C=C(Cl)CC1C(=O)CCCN1OC(=O)c1ccccc1. The molecule has 1 aromatic rings. The Morgan fingerprint density at radius 3 is 2.75 bits per heavy atom. The largest absolute Gasteiger partial charge is 0.363 e. The zero-order valence-electron chi connectivity index (χ0n) is 11.0. The maximum atomic E-state index is 12.0. The highest BCUT2D eigenvalue weighted by atomic mass is 35.5. The minimum atomic E-state index is -0.526. The maximum absolute atomic E-state index is 12.0. The quantitative estimate of drug-likeness (QED) is 0.856. The predicted molar refractivity (Wildman–Crippen MR) is 76.2 cm³/mol. The minimum absolute atomic E-state index is 0.0268. The highest BCUT2D eigenvalue weighted by Crippen LogP contribution is 2.22. The molecule has 0 amide bonds. The standard InChI is InChI=1S/C15H16ClNO3/c1-11(16)10-13-14(18)8-5-9-17(13)20-15(19)12-6-3-2-4-7-12/h2-4,6-7,13H,1,5,8-10H2. The summed E-state index contributed by atoms with van der Waals surface area (Å²) in [6, 6.07) is 8.15. The number of benzene rings is 1. The van der Waals surface area contributed by atoms with Crippen LogP contribution in [0, 0.1) is 0 Å². The third-order valence-corrected chi connectivity index (χ3v) is 3.30. The van der Waals surface area contributed by atoms with Gasteiger partial charge in [-0.15, -0.1) is 5.06 Å². The van der Waals surface area contributed by atoms with Gasteiger partial charge in [0.1, 0.15) is 6.04 Å². The molecule has 0 N–H and O–H groups in total. The number of Topliss-reactive ketones (excluding diaryl/α,β-unsaturated/α-hetero) is 1. The lowest BCUT2D eigenvalue weighted by molar-refractivity contribution is -0.165. The summed E-state index contributed by atoms with van der Waals surface area (Å²) >= 11 is 5.78. The van der Waals surface area contributed by atoms with E-state index in [4.69, 9.17) is 16.4 Å². The fourth-order valence-corrected chi connectivity index (χ4v) is 2.31. The molecule has 0 aromatic heterocycles. The van der Waals surface area contributed by atoms with E-state index in [1.165, 1.54) is 5.06 Å². The first-order chi connectivity index (χ1) is 9.58. The van der Waals surface area contributed by atoms with E-state index in [2.05, 4.69) is 6.58 Å². The lowest BCUT2D eigenvalue weighted by Gasteiger charge is -2.32. The molecule has 1 aliphatic rings. The lowest BCUT2D eigenvalue weighted by Crippen LogP contribution is -2.46. The number of ketones is 1. The third kappa shape index (κ3) is 3.68. The fourth-order valence-electron chi connectivity index (χ4n) is 2.16. The zero-order valence-corrected chi connectivity index (χ0v) is 11.8. The van der Waals surface area contributed by atoms with E-state index >= 15 is 0 Å². The van der Waals surface area contributed by atoms with Crippen molar-refractivity contribution in [2.75, 3.05) is 6.54 Å². The van der Waals surface area contributed by atoms with E-state index in [-0.39, 0.29) is 5.78 Å². The third-order valence-electron chi connectivity index (χ3n) is 3.15. The van der Waals surface area contributed by atoms with Gasteiger partial charge in [-0.3, -0.25) is 4.79 Å². The van der Waals surface area contributed by atoms with E-state index in [1.54, 1.807) is 24.3 Å². The monoisotopic (exact) mass is 293 g/mol. The molecule has 106 valence electrons. The summed E-state index contributed by atoms with van der Waals surface area (Å²) < 4.78 is 0. The first-order valence-electron chi connectivity index (χ1n) is 6.48. The normalized spacial score (nSPS) is 19.6. The molecule has 0 radical (unpaired) electrons. The van der Waals surface area contributed by atoms with Crippen LogP contribution < -0.4 is 0 Å². The van der Waals surface area contributed by atoms with Crippen LogP contribution in [0.15, 0.2) is 41.9 Å². The molecular weight excluding hydrogens is 278 g/mol. The summed E-state index contributed by atoms with van der Waals surface area (Å²) in [5.41, 5.74) is 0.453. The Morgan fingerprint density at radius 2 is 2.10 bits per heavy atom. The molecule has 1 saturated heterocycles. The second kappa shape index (κ2) is 6.68. The number of piperidine rings is 1. The number of nitrogens with zero attached hydrogens (tertiary/aromatic N) is 1. The number of carbonyl (C=O) groups excluding carboxylic acids is 2. The van der Waals surface area contributed by atoms with Gasteiger partial charge in [-0.1, -0.05) is 36.4 Å². The van der Waals surface area contributed by atoms with Crippen molar-refractivity contribution in [1.82, 2.24) is 5.06 Å². The second-order valence-electron chi connectivity index (χ2n) is 4.69. The van der Waals surface area contributed by atoms with E-state index in [0.717, 1.165) is 0 Å². The summed E-state index contributed by atoms with van der Waals surface area (Å²) in [6.07, 6.45) is 1.45. The van der Waals surface area contributed by atoms with Gasteiger partial charge in [0.25, 0.3) is 0 Å². The number of halogens is 1. The van der Waals surface area contributed by atoms with Crippen molar-refractivity contribution >= 4 is 23.4 Å². The summed E-state index contributed by atoms with van der Waals surface area (Å²) in [7, 11) is 0. The van der Waals surface area contributed by atoms with Crippen LogP contribution in [0.4, 0.5) is 0 Å². The smallest absolute Gasteiger partial charge is 0.357 e. The molecule has 0 bridgehead atoms. The molecular formula is C15H16ClNO3. The maximum Gasteiger partial charge on any atom is 0.357 e. The van der Waals surface area contributed by atoms with Crippen molar-refractivity contribution in [3.05, 3.63) is 47.5 Å². The molecule has 1 atom stereocenters. The number of hydrogen-bond donors (Lipinski definition) is 0. The first-order valence-corrected chi connectivity index (χ1v) is 6.85. The van der Waals surface area contributed by atoms with E-state index in [1.807, 2.05) is 6.07 Å². The van der Waals surface area contributed by atoms with Crippen molar-refractivity contribution in [2.24, 2.45) is 0 Å². The minimum Gasteiger partial charge on any atom is -0.363 e. The average molecular weight is 294 g/mol. The zero-order chi connectivity index (χ0) is 14.5. The molecule has 1 aliphatic heterocycles. The Bertz CT molecular complexity index is 515. The van der Waals surface area contributed by atoms with E-state index < -0.39 is 12.0 Å². The van der Waals surface area contributed by atoms with Gasteiger partial charge < -0.3 is 4.84 Å². The van der Waals surface area contributed by atoms with Crippen LogP contribution in [0.5, 0.6) is 0 Å². The van der Waals surface area contributed by atoms with Gasteiger partial charge in [0.05, 0.1) is 5.56 Å². The molecule has 1 unspecified atom stereocenters. The Kier molecular flexibility index (Phi) is 4.93. The van der Waals surface area contributed by atoms with Crippen molar-refractivity contribution in [2.45, 2.75) is 25.3 Å². The van der Waals surface area contributed by atoms with Gasteiger partial charge in [0.2, 0.25) is 0 Å². The predicted octanol–water partition coefficient (Wildman–Crippen LogP) is 2.93. The van der Waals surface area contributed by atoms with Gasteiger partial charge in [-0.25, -0.2) is 4.79 Å². The molecule has 0 spiro atoms. The van der Waals surface area contributed by atoms with Gasteiger partial charge in [0, 0.05) is 24.4 Å². The van der Waals surface area contributed by atoms with Crippen molar-refractivity contribution < 1.29 is 14.4 Å². The number of hydrogen-bond acceptors (Lipinski definition) is 4. The number of hydroxylamine groups is 2. The Balaban J connectivity index is 2.07. The molecule has 0 saturated carbocycles. The van der Waals surface area contributed by atoms with E-state index in [0.29, 0.717) is 36.4 Å². The van der Waals surface area contributed by atoms with Crippen molar-refractivity contribution in [3.8, 4) is 0 Å². The lowest BCUT2D eigenvalue weighted by atomic mass is 10.00. The molecule has 5 heteroatoms. The Morgan fingerprint density at radius 1 is 1.40 bits per heavy atom. The highest BCUT2D eigenvalue weighted by molar-refractivity contribution is 6.29. The molecule has 1 heterocycles. The van der Waals surface area contributed by atoms with Crippen LogP contribution in [0.3, 0.4) is 0 Å². The van der Waals surface area contributed by atoms with E-state index in [9.17, 15) is 9.59 Å². The molecule has 2 rings (SSSR count). The van der Waals surface area contributed by atoms with Crippen LogP contribution in [0.1, 0.15) is 29.6 Å². The summed E-state index contributed by atoms with van der Waals surface area (Å²) in [6.45, 7) is 4.13. The van der Waals surface area contributed by atoms with Crippen molar-refractivity contribution in [1.29, 1.82) is 0 Å². The molecule has 1 fully saturated rings. The molecule has 4 nitrogen and oxygen atoms in total. The van der Waals surface area contributed by atoms with Crippen LogP contribution in [-0.2, 0) is 9.63 Å². The van der Waals surface area contributed by atoms with Crippen LogP contribution in [0.2, 0.25) is 0 Å². The average Bonchev–Trinajstić information content (AvgIpc) is 2.43. The van der Waals surface area contributed by atoms with Crippen LogP contribution in [-0.4, -0.2) is 29.4 Å². The van der Waals surface area contributed by atoms with Crippen LogP contribution in [0.25, 0.3) is 0 Å². The molecule has 0 aliphatic carbocycles. The second-order valence-corrected chi connectivity index (χ2v) is 5.23. The van der Waals surface area contributed by atoms with Crippen molar-refractivity contribution in [3.63, 3.8) is 0 Å². The highest BCUT2D eigenvalue weighted by Gasteiger charge is 2.32. The van der Waals surface area contributed by atoms with Gasteiger partial charge >= 0.3 is 5.97 Å².